The van der Waals surface area contributed by atoms with Gasteiger partial charge in [-0.25, -0.2) is 4.98 Å². The van der Waals surface area contributed by atoms with Gasteiger partial charge >= 0.3 is 0 Å². The number of hydrogen-bond donors (Lipinski definition) is 1. The highest BCUT2D eigenvalue weighted by Crippen LogP contribution is 2.13. The Bertz CT molecular complexity index is 473. The van der Waals surface area contributed by atoms with Gasteiger partial charge in [0.25, 0.3) is 0 Å². The van der Waals surface area contributed by atoms with Crippen LogP contribution in [0.4, 0.5) is 11.6 Å². The Morgan fingerprint density at radius 3 is 2.53 bits per heavy atom. The summed E-state index contributed by atoms with van der Waals surface area (Å²) in [7, 11) is 6.03. The average molecular weight is 230 g/mol. The van der Waals surface area contributed by atoms with Gasteiger partial charge in [-0.05, 0) is 12.1 Å². The highest BCUT2D eigenvalue weighted by Gasteiger charge is 2.07. The SMILES string of the molecule is CN(C)c1ncc(CNc2ccccc2)n1C. The lowest BCUT2D eigenvalue weighted by atomic mass is 10.3. The highest BCUT2D eigenvalue weighted by molar-refractivity contribution is 5.43. The van der Waals surface area contributed by atoms with Gasteiger partial charge in [0, 0.05) is 26.8 Å². The van der Waals surface area contributed by atoms with Gasteiger partial charge < -0.3 is 14.8 Å². The van der Waals surface area contributed by atoms with E-state index in [0.29, 0.717) is 0 Å². The fourth-order valence-corrected chi connectivity index (χ4v) is 1.76. The molecular formula is C13H18N4. The Labute approximate surface area is 102 Å². The molecule has 1 aromatic carbocycles. The van der Waals surface area contributed by atoms with E-state index in [1.54, 1.807) is 0 Å². The fourth-order valence-electron chi connectivity index (χ4n) is 1.76. The first-order valence-corrected chi connectivity index (χ1v) is 5.65. The van der Waals surface area contributed by atoms with Crippen LogP contribution in [0.15, 0.2) is 36.5 Å². The van der Waals surface area contributed by atoms with E-state index in [0.717, 1.165) is 23.9 Å². The van der Waals surface area contributed by atoms with E-state index in [9.17, 15) is 0 Å². The van der Waals surface area contributed by atoms with Gasteiger partial charge in [0.2, 0.25) is 5.95 Å². The number of anilines is 2. The second-order valence-electron chi connectivity index (χ2n) is 4.22. The first kappa shape index (κ1) is 11.5. The molecule has 1 aromatic heterocycles. The van der Waals surface area contributed by atoms with E-state index in [1.807, 2.05) is 50.4 Å². The summed E-state index contributed by atoms with van der Waals surface area (Å²) >= 11 is 0. The molecule has 2 rings (SSSR count). The Morgan fingerprint density at radius 2 is 1.94 bits per heavy atom. The van der Waals surface area contributed by atoms with Gasteiger partial charge in [0.1, 0.15) is 0 Å². The zero-order valence-corrected chi connectivity index (χ0v) is 10.5. The molecule has 0 fully saturated rings. The summed E-state index contributed by atoms with van der Waals surface area (Å²) in [5.74, 6) is 0.967. The van der Waals surface area contributed by atoms with Crippen LogP contribution in [-0.2, 0) is 13.6 Å². The monoisotopic (exact) mass is 230 g/mol. The zero-order valence-electron chi connectivity index (χ0n) is 10.5. The second kappa shape index (κ2) is 4.91. The topological polar surface area (TPSA) is 33.1 Å². The van der Waals surface area contributed by atoms with Crippen LogP contribution in [0.1, 0.15) is 5.69 Å². The summed E-state index contributed by atoms with van der Waals surface area (Å²) in [6.45, 7) is 0.779. The molecule has 0 radical (unpaired) electrons. The lowest BCUT2D eigenvalue weighted by Gasteiger charge is -2.13. The molecule has 4 heteroatoms. The molecule has 0 saturated carbocycles. The molecule has 0 aliphatic rings. The molecule has 17 heavy (non-hydrogen) atoms. The van der Waals surface area contributed by atoms with Crippen LogP contribution < -0.4 is 10.2 Å². The zero-order chi connectivity index (χ0) is 12.3. The van der Waals surface area contributed by atoms with E-state index < -0.39 is 0 Å². The number of rotatable bonds is 4. The van der Waals surface area contributed by atoms with E-state index in [2.05, 4.69) is 27.0 Å². The summed E-state index contributed by atoms with van der Waals surface area (Å²) in [5.41, 5.74) is 2.29. The molecule has 2 aromatic rings. The predicted molar refractivity (Wildman–Crippen MR) is 71.3 cm³/mol. The van der Waals surface area contributed by atoms with Gasteiger partial charge in [-0.1, -0.05) is 18.2 Å². The van der Waals surface area contributed by atoms with Crippen molar-refractivity contribution in [1.29, 1.82) is 0 Å². The smallest absolute Gasteiger partial charge is 0.204 e. The summed E-state index contributed by atoms with van der Waals surface area (Å²) in [4.78, 5) is 6.38. The molecule has 4 nitrogen and oxygen atoms in total. The number of benzene rings is 1. The molecule has 0 aliphatic heterocycles. The first-order valence-electron chi connectivity index (χ1n) is 5.65. The molecule has 0 amide bonds. The largest absolute Gasteiger partial charge is 0.379 e. The molecule has 0 spiro atoms. The number of aromatic nitrogens is 2. The summed E-state index contributed by atoms with van der Waals surface area (Å²) in [5, 5.41) is 3.37. The minimum Gasteiger partial charge on any atom is -0.379 e. The molecular weight excluding hydrogens is 212 g/mol. The molecule has 0 saturated heterocycles. The number of hydrogen-bond acceptors (Lipinski definition) is 3. The maximum atomic E-state index is 4.38. The Morgan fingerprint density at radius 1 is 1.24 bits per heavy atom. The van der Waals surface area contributed by atoms with E-state index in [-0.39, 0.29) is 0 Å². The standard InChI is InChI=1S/C13H18N4/c1-16(2)13-15-10-12(17(13)3)9-14-11-7-5-4-6-8-11/h4-8,10,14H,9H2,1-3H3. The summed E-state index contributed by atoms with van der Waals surface area (Å²) in [6, 6.07) is 10.2. The van der Waals surface area contributed by atoms with Crippen LogP contribution in [0, 0.1) is 0 Å². The summed E-state index contributed by atoms with van der Waals surface area (Å²) < 4.78 is 2.09. The van der Waals surface area contributed by atoms with Crippen molar-refractivity contribution in [3.63, 3.8) is 0 Å². The van der Waals surface area contributed by atoms with Crippen LogP contribution in [0.2, 0.25) is 0 Å². The fraction of sp³-hybridized carbons (Fsp3) is 0.308. The predicted octanol–water partition coefficient (Wildman–Crippen LogP) is 2.10. The Hall–Kier alpha value is -1.97. The minimum absolute atomic E-state index is 0.779. The van der Waals surface area contributed by atoms with Crippen LogP contribution in [0.5, 0.6) is 0 Å². The second-order valence-corrected chi connectivity index (χ2v) is 4.22. The normalized spacial score (nSPS) is 10.3. The average Bonchev–Trinajstić information content (AvgIpc) is 2.69. The minimum atomic E-state index is 0.779. The van der Waals surface area contributed by atoms with Crippen LogP contribution in [0.25, 0.3) is 0 Å². The summed E-state index contributed by atoms with van der Waals surface area (Å²) in [6.07, 6.45) is 1.91. The van der Waals surface area contributed by atoms with Gasteiger partial charge in [-0.2, -0.15) is 0 Å². The lowest BCUT2D eigenvalue weighted by Crippen LogP contribution is -2.15. The first-order chi connectivity index (χ1) is 8.18. The van der Waals surface area contributed by atoms with Crippen LogP contribution in [-0.4, -0.2) is 23.6 Å². The quantitative estimate of drug-likeness (QED) is 0.873. The molecule has 0 unspecified atom stereocenters. The van der Waals surface area contributed by atoms with E-state index in [4.69, 9.17) is 0 Å². The van der Waals surface area contributed by atoms with Crippen molar-refractivity contribution in [3.8, 4) is 0 Å². The number of nitrogens with one attached hydrogen (secondary N) is 1. The molecule has 90 valence electrons. The van der Waals surface area contributed by atoms with E-state index >= 15 is 0 Å². The van der Waals surface area contributed by atoms with E-state index in [1.165, 1.54) is 0 Å². The van der Waals surface area contributed by atoms with Crippen molar-refractivity contribution in [2.45, 2.75) is 6.54 Å². The molecule has 0 bridgehead atoms. The maximum Gasteiger partial charge on any atom is 0.204 e. The van der Waals surface area contributed by atoms with Gasteiger partial charge in [0.05, 0.1) is 18.4 Å². The van der Waals surface area contributed by atoms with Crippen molar-refractivity contribution in [3.05, 3.63) is 42.2 Å². The van der Waals surface area contributed by atoms with Crippen LogP contribution >= 0.6 is 0 Å². The van der Waals surface area contributed by atoms with Gasteiger partial charge in [-0.3, -0.25) is 0 Å². The van der Waals surface area contributed by atoms with Crippen molar-refractivity contribution in [1.82, 2.24) is 9.55 Å². The third kappa shape index (κ3) is 2.58. The molecule has 0 aliphatic carbocycles. The van der Waals surface area contributed by atoms with Crippen molar-refractivity contribution < 1.29 is 0 Å². The van der Waals surface area contributed by atoms with Crippen molar-refractivity contribution in [2.75, 3.05) is 24.3 Å². The third-order valence-electron chi connectivity index (χ3n) is 2.71. The highest BCUT2D eigenvalue weighted by atomic mass is 15.3. The van der Waals surface area contributed by atoms with Crippen LogP contribution in [0.3, 0.4) is 0 Å². The molecule has 1 N–H and O–H groups in total. The van der Waals surface area contributed by atoms with Crippen molar-refractivity contribution in [2.24, 2.45) is 7.05 Å². The number of para-hydroxylation sites is 1. The Balaban J connectivity index is 2.05. The maximum absolute atomic E-state index is 4.38. The van der Waals surface area contributed by atoms with Gasteiger partial charge in [0.15, 0.2) is 0 Å². The molecule has 0 atom stereocenters. The lowest BCUT2D eigenvalue weighted by molar-refractivity contribution is 0.814. The Kier molecular flexibility index (Phi) is 3.32. The molecule has 1 heterocycles. The van der Waals surface area contributed by atoms with Gasteiger partial charge in [-0.15, -0.1) is 0 Å². The van der Waals surface area contributed by atoms with Crippen molar-refractivity contribution >= 4 is 11.6 Å². The third-order valence-corrected chi connectivity index (χ3v) is 2.71. The number of imidazole rings is 1. The number of nitrogens with zero attached hydrogens (tertiary/aromatic N) is 3.